The number of hydrogen-bond acceptors (Lipinski definition) is 4. The lowest BCUT2D eigenvalue weighted by Crippen LogP contribution is -2.39. The maximum atomic E-state index is 13.0. The van der Waals surface area contributed by atoms with Crippen molar-refractivity contribution in [3.63, 3.8) is 0 Å². The Morgan fingerprint density at radius 3 is 2.70 bits per heavy atom. The predicted octanol–water partition coefficient (Wildman–Crippen LogP) is 2.73. The maximum absolute atomic E-state index is 13.0. The molecule has 27 heavy (non-hydrogen) atoms. The number of benzene rings is 2. The normalized spacial score (nSPS) is 19.1. The molecule has 0 bridgehead atoms. The highest BCUT2D eigenvalue weighted by Crippen LogP contribution is 2.28. The molecular formula is C22H26N2O3. The quantitative estimate of drug-likeness (QED) is 0.834. The third kappa shape index (κ3) is 3.93. The SMILES string of the molecule is CN(Cc1ccccc1N1CCOCC1)C(=O)C1COc2ccccc2C1. The zero-order valence-electron chi connectivity index (χ0n) is 15.8. The minimum absolute atomic E-state index is 0.125. The molecule has 1 amide bonds. The van der Waals surface area contributed by atoms with Crippen molar-refractivity contribution in [2.45, 2.75) is 13.0 Å². The fourth-order valence-corrected chi connectivity index (χ4v) is 3.89. The first kappa shape index (κ1) is 17.9. The van der Waals surface area contributed by atoms with E-state index < -0.39 is 0 Å². The molecule has 2 aromatic carbocycles. The Morgan fingerprint density at radius 1 is 1.11 bits per heavy atom. The van der Waals surface area contributed by atoms with E-state index in [1.807, 2.05) is 42.3 Å². The lowest BCUT2D eigenvalue weighted by atomic mass is 9.95. The first-order valence-corrected chi connectivity index (χ1v) is 9.58. The third-order valence-electron chi connectivity index (χ3n) is 5.36. The van der Waals surface area contributed by atoms with Crippen LogP contribution in [-0.4, -0.2) is 50.8 Å². The molecule has 142 valence electrons. The molecular weight excluding hydrogens is 340 g/mol. The Balaban J connectivity index is 1.45. The molecule has 0 saturated carbocycles. The summed E-state index contributed by atoms with van der Waals surface area (Å²) in [7, 11) is 1.89. The Morgan fingerprint density at radius 2 is 1.85 bits per heavy atom. The van der Waals surface area contributed by atoms with Gasteiger partial charge < -0.3 is 19.3 Å². The van der Waals surface area contributed by atoms with Crippen LogP contribution in [0.5, 0.6) is 5.75 Å². The summed E-state index contributed by atoms with van der Waals surface area (Å²) >= 11 is 0. The zero-order valence-corrected chi connectivity index (χ0v) is 15.8. The lowest BCUT2D eigenvalue weighted by molar-refractivity contribution is -0.136. The van der Waals surface area contributed by atoms with Crippen molar-refractivity contribution in [1.82, 2.24) is 4.90 Å². The molecule has 0 spiro atoms. The van der Waals surface area contributed by atoms with Crippen molar-refractivity contribution in [1.29, 1.82) is 0 Å². The number of para-hydroxylation sites is 2. The van der Waals surface area contributed by atoms with E-state index in [2.05, 4.69) is 23.1 Å². The largest absolute Gasteiger partial charge is 0.492 e. The van der Waals surface area contributed by atoms with Gasteiger partial charge in [0.1, 0.15) is 12.4 Å². The Bertz CT molecular complexity index is 802. The summed E-state index contributed by atoms with van der Waals surface area (Å²) in [6.07, 6.45) is 0.741. The lowest BCUT2D eigenvalue weighted by Gasteiger charge is -2.32. The first-order valence-electron chi connectivity index (χ1n) is 9.58. The number of hydrogen-bond donors (Lipinski definition) is 0. The van der Waals surface area contributed by atoms with E-state index >= 15 is 0 Å². The van der Waals surface area contributed by atoms with Crippen LogP contribution in [0, 0.1) is 5.92 Å². The van der Waals surface area contributed by atoms with Crippen molar-refractivity contribution in [2.24, 2.45) is 5.92 Å². The number of rotatable bonds is 4. The molecule has 2 aromatic rings. The van der Waals surface area contributed by atoms with E-state index in [0.717, 1.165) is 44.0 Å². The fourth-order valence-electron chi connectivity index (χ4n) is 3.89. The van der Waals surface area contributed by atoms with Crippen LogP contribution in [0.3, 0.4) is 0 Å². The number of anilines is 1. The summed E-state index contributed by atoms with van der Waals surface area (Å²) in [6, 6.07) is 16.3. The number of amides is 1. The second kappa shape index (κ2) is 8.01. The van der Waals surface area contributed by atoms with Crippen molar-refractivity contribution >= 4 is 11.6 Å². The Labute approximate surface area is 160 Å². The van der Waals surface area contributed by atoms with Gasteiger partial charge in [-0.1, -0.05) is 36.4 Å². The molecule has 2 heterocycles. The molecule has 2 aliphatic heterocycles. The number of nitrogens with zero attached hydrogens (tertiary/aromatic N) is 2. The zero-order chi connectivity index (χ0) is 18.6. The first-order chi connectivity index (χ1) is 13.2. The topological polar surface area (TPSA) is 42.0 Å². The maximum Gasteiger partial charge on any atom is 0.229 e. The Hall–Kier alpha value is -2.53. The van der Waals surface area contributed by atoms with Gasteiger partial charge in [-0.15, -0.1) is 0 Å². The van der Waals surface area contributed by atoms with E-state index in [-0.39, 0.29) is 11.8 Å². The highest BCUT2D eigenvalue weighted by molar-refractivity contribution is 5.79. The molecule has 1 atom stereocenters. The van der Waals surface area contributed by atoms with Crippen LogP contribution in [0.15, 0.2) is 48.5 Å². The summed E-state index contributed by atoms with van der Waals surface area (Å²) in [5, 5.41) is 0. The van der Waals surface area contributed by atoms with Gasteiger partial charge in [0.25, 0.3) is 0 Å². The van der Waals surface area contributed by atoms with Gasteiger partial charge in [-0.25, -0.2) is 0 Å². The van der Waals surface area contributed by atoms with Crippen molar-refractivity contribution < 1.29 is 14.3 Å². The molecule has 0 aromatic heterocycles. The smallest absolute Gasteiger partial charge is 0.229 e. The van der Waals surface area contributed by atoms with Gasteiger partial charge in [0.2, 0.25) is 5.91 Å². The number of morpholine rings is 1. The average Bonchev–Trinajstić information content (AvgIpc) is 2.74. The highest BCUT2D eigenvalue weighted by Gasteiger charge is 2.28. The monoisotopic (exact) mass is 366 g/mol. The number of carbonyl (C=O) groups is 1. The molecule has 4 rings (SSSR count). The standard InChI is InChI=1S/C22H26N2O3/c1-23(22(25)19-14-17-6-3-5-9-21(17)27-16-19)15-18-7-2-4-8-20(18)24-10-12-26-13-11-24/h2-9,19H,10-16H2,1H3. The van der Waals surface area contributed by atoms with E-state index in [9.17, 15) is 4.79 Å². The molecule has 5 nitrogen and oxygen atoms in total. The second-order valence-electron chi connectivity index (χ2n) is 7.24. The van der Waals surface area contributed by atoms with E-state index in [1.165, 1.54) is 11.3 Å². The minimum Gasteiger partial charge on any atom is -0.492 e. The molecule has 0 N–H and O–H groups in total. The van der Waals surface area contributed by atoms with Crippen LogP contribution in [0.4, 0.5) is 5.69 Å². The van der Waals surface area contributed by atoms with Crippen molar-refractivity contribution in [3.05, 3.63) is 59.7 Å². The summed E-state index contributed by atoms with van der Waals surface area (Å²) in [6.45, 7) is 4.34. The van der Waals surface area contributed by atoms with Crippen LogP contribution >= 0.6 is 0 Å². The van der Waals surface area contributed by atoms with Crippen LogP contribution in [0.1, 0.15) is 11.1 Å². The molecule has 1 unspecified atom stereocenters. The summed E-state index contributed by atoms with van der Waals surface area (Å²) in [4.78, 5) is 17.2. The van der Waals surface area contributed by atoms with Gasteiger partial charge in [-0.2, -0.15) is 0 Å². The van der Waals surface area contributed by atoms with Gasteiger partial charge >= 0.3 is 0 Å². The van der Waals surface area contributed by atoms with Crippen LogP contribution < -0.4 is 9.64 Å². The Kier molecular flexibility index (Phi) is 5.30. The van der Waals surface area contributed by atoms with Crippen LogP contribution in [-0.2, 0) is 22.5 Å². The minimum atomic E-state index is -0.125. The fraction of sp³-hybridized carbons (Fsp3) is 0.409. The second-order valence-corrected chi connectivity index (χ2v) is 7.24. The van der Waals surface area contributed by atoms with E-state index in [4.69, 9.17) is 9.47 Å². The number of fused-ring (bicyclic) bond motifs is 1. The molecule has 0 aliphatic carbocycles. The summed E-state index contributed by atoms with van der Waals surface area (Å²) in [5.41, 5.74) is 3.49. The van der Waals surface area contributed by atoms with Crippen LogP contribution in [0.2, 0.25) is 0 Å². The summed E-state index contributed by atoms with van der Waals surface area (Å²) in [5.74, 6) is 0.920. The third-order valence-corrected chi connectivity index (χ3v) is 5.36. The number of ether oxygens (including phenoxy) is 2. The van der Waals surface area contributed by atoms with Gasteiger partial charge in [0.05, 0.1) is 19.1 Å². The molecule has 2 aliphatic rings. The molecule has 5 heteroatoms. The average molecular weight is 366 g/mol. The molecule has 0 radical (unpaired) electrons. The van der Waals surface area contributed by atoms with Gasteiger partial charge in [-0.05, 0) is 29.7 Å². The van der Waals surface area contributed by atoms with Crippen molar-refractivity contribution in [3.8, 4) is 5.75 Å². The number of carbonyl (C=O) groups excluding carboxylic acids is 1. The van der Waals surface area contributed by atoms with Gasteiger partial charge in [0.15, 0.2) is 0 Å². The predicted molar refractivity (Wildman–Crippen MR) is 105 cm³/mol. The highest BCUT2D eigenvalue weighted by atomic mass is 16.5. The van der Waals surface area contributed by atoms with Crippen molar-refractivity contribution in [2.75, 3.05) is 44.9 Å². The van der Waals surface area contributed by atoms with E-state index in [0.29, 0.717) is 13.2 Å². The molecule has 1 saturated heterocycles. The van der Waals surface area contributed by atoms with Crippen LogP contribution in [0.25, 0.3) is 0 Å². The van der Waals surface area contributed by atoms with Gasteiger partial charge in [-0.3, -0.25) is 4.79 Å². The summed E-state index contributed by atoms with van der Waals surface area (Å²) < 4.78 is 11.3. The molecule has 1 fully saturated rings. The van der Waals surface area contributed by atoms with Gasteiger partial charge in [0, 0.05) is 32.4 Å². The van der Waals surface area contributed by atoms with E-state index in [1.54, 1.807) is 0 Å².